The monoisotopic (exact) mass is 694 g/mol. The molecule has 0 unspecified atom stereocenters. The zero-order chi connectivity index (χ0) is 36.1. The minimum Gasteiger partial charge on any atom is -0.256 e. The Bertz CT molecular complexity index is 2520. The predicted octanol–water partition coefficient (Wildman–Crippen LogP) is 10.2. The van der Waals surface area contributed by atoms with Crippen molar-refractivity contribution in [1.82, 2.24) is 39.9 Å². The smallest absolute Gasteiger partial charge is 0.164 e. The van der Waals surface area contributed by atoms with E-state index in [1.165, 1.54) is 0 Å². The van der Waals surface area contributed by atoms with Crippen LogP contribution >= 0.6 is 0 Å². The summed E-state index contributed by atoms with van der Waals surface area (Å²) in [5.74, 6) is 1.71. The molecule has 54 heavy (non-hydrogen) atoms. The maximum absolute atomic E-state index is 5.00. The number of aromatic nitrogens is 8. The average molecular weight is 695 g/mol. The number of pyridine rings is 5. The number of hydrogen-bond acceptors (Lipinski definition) is 8. The number of hydrogen-bond donors (Lipinski definition) is 0. The Morgan fingerprint density at radius 2 is 0.500 bits per heavy atom. The molecular formula is C46H30N8. The molecule has 8 nitrogen and oxygen atoms in total. The normalized spacial score (nSPS) is 11.0. The summed E-state index contributed by atoms with van der Waals surface area (Å²) in [5, 5.41) is 0. The van der Waals surface area contributed by atoms with Gasteiger partial charge < -0.3 is 0 Å². The molecule has 0 aliphatic rings. The van der Waals surface area contributed by atoms with Gasteiger partial charge in [-0.05, 0) is 60.7 Å². The van der Waals surface area contributed by atoms with Gasteiger partial charge in [0.2, 0.25) is 0 Å². The second-order valence-electron chi connectivity index (χ2n) is 12.5. The topological polar surface area (TPSA) is 103 Å². The molecule has 0 amide bonds. The van der Waals surface area contributed by atoms with Crippen LogP contribution in [0.1, 0.15) is 0 Å². The molecule has 0 aliphatic carbocycles. The molecule has 9 aromatic rings. The molecule has 0 aliphatic heterocycles. The van der Waals surface area contributed by atoms with Gasteiger partial charge in [0, 0.05) is 52.0 Å². The quantitative estimate of drug-likeness (QED) is 0.155. The maximum Gasteiger partial charge on any atom is 0.164 e. The number of nitrogens with zero attached hydrogens (tertiary/aromatic N) is 8. The average Bonchev–Trinajstić information content (AvgIpc) is 3.27. The molecule has 0 spiro atoms. The van der Waals surface area contributed by atoms with Crippen LogP contribution in [0.5, 0.6) is 0 Å². The zero-order valence-corrected chi connectivity index (χ0v) is 28.9. The molecule has 6 aromatic heterocycles. The fraction of sp³-hybridized carbons (Fsp3) is 0. The van der Waals surface area contributed by atoms with Crippen molar-refractivity contribution in [3.05, 3.63) is 182 Å². The Hall–Kier alpha value is -7.58. The Balaban J connectivity index is 1.07. The van der Waals surface area contributed by atoms with Crippen LogP contribution in [0, 0.1) is 0 Å². The van der Waals surface area contributed by atoms with Crippen LogP contribution in [-0.4, -0.2) is 39.9 Å². The molecule has 9 rings (SSSR count). The lowest BCUT2D eigenvalue weighted by atomic mass is 10.1. The molecule has 0 atom stereocenters. The van der Waals surface area contributed by atoms with Crippen LogP contribution in [0.15, 0.2) is 182 Å². The third kappa shape index (κ3) is 6.87. The van der Waals surface area contributed by atoms with Crippen molar-refractivity contribution in [2.45, 2.75) is 0 Å². The lowest BCUT2D eigenvalue weighted by Crippen LogP contribution is -2.00. The summed E-state index contributed by atoms with van der Waals surface area (Å²) in [7, 11) is 0. The number of rotatable bonds is 8. The van der Waals surface area contributed by atoms with Crippen LogP contribution in [0.4, 0.5) is 0 Å². The van der Waals surface area contributed by atoms with Crippen molar-refractivity contribution in [1.29, 1.82) is 0 Å². The van der Waals surface area contributed by atoms with Gasteiger partial charge in [-0.15, -0.1) is 0 Å². The third-order valence-corrected chi connectivity index (χ3v) is 8.97. The van der Waals surface area contributed by atoms with E-state index >= 15 is 0 Å². The SMILES string of the molecule is c1ccc(-c2ccc(-c3nc(-c4ccc(-c5cccc(-c6ccccn6)n5)cc4)nc(-c4ccc(-c5cccc(-c6ccccn6)n5)cc4)n3)cc2)nc1. The molecular weight excluding hydrogens is 665 g/mol. The Kier molecular flexibility index (Phi) is 8.73. The summed E-state index contributed by atoms with van der Waals surface area (Å²) >= 11 is 0. The van der Waals surface area contributed by atoms with Crippen molar-refractivity contribution < 1.29 is 0 Å². The first-order valence-corrected chi connectivity index (χ1v) is 17.5. The lowest BCUT2D eigenvalue weighted by molar-refractivity contribution is 1.07. The van der Waals surface area contributed by atoms with E-state index in [9.17, 15) is 0 Å². The van der Waals surface area contributed by atoms with Crippen molar-refractivity contribution in [2.24, 2.45) is 0 Å². The summed E-state index contributed by atoms with van der Waals surface area (Å²) in [4.78, 5) is 38.2. The van der Waals surface area contributed by atoms with Crippen molar-refractivity contribution >= 4 is 0 Å². The van der Waals surface area contributed by atoms with Crippen LogP contribution in [-0.2, 0) is 0 Å². The highest BCUT2D eigenvalue weighted by Crippen LogP contribution is 2.30. The fourth-order valence-corrected chi connectivity index (χ4v) is 6.17. The molecule has 254 valence electrons. The highest BCUT2D eigenvalue weighted by Gasteiger charge is 2.14. The molecule has 0 saturated carbocycles. The number of benzene rings is 3. The second-order valence-corrected chi connectivity index (χ2v) is 12.5. The van der Waals surface area contributed by atoms with Crippen molar-refractivity contribution in [2.75, 3.05) is 0 Å². The van der Waals surface area contributed by atoms with E-state index in [4.69, 9.17) is 24.9 Å². The largest absolute Gasteiger partial charge is 0.256 e. The highest BCUT2D eigenvalue weighted by molar-refractivity contribution is 5.73. The Labute approximate surface area is 312 Å². The standard InChI is InChI=1S/C46H30N8/c1-4-28-47-37(9-1)31-16-22-34(23-17-31)44-52-45(35-24-18-32(19-25-35)38-12-7-14-42(50-38)40-10-2-5-29-48-40)54-46(53-44)36-26-20-33(21-27-36)39-13-8-15-43(51-39)41-11-3-6-30-49-41/h1-30H. The predicted molar refractivity (Wildman–Crippen MR) is 212 cm³/mol. The summed E-state index contributed by atoms with van der Waals surface area (Å²) < 4.78 is 0. The van der Waals surface area contributed by atoms with E-state index in [1.807, 2.05) is 164 Å². The summed E-state index contributed by atoms with van der Waals surface area (Å²) in [6, 6.07) is 53.9. The van der Waals surface area contributed by atoms with Gasteiger partial charge in [-0.2, -0.15) is 0 Å². The fourth-order valence-electron chi connectivity index (χ4n) is 6.17. The van der Waals surface area contributed by atoms with E-state index in [-0.39, 0.29) is 0 Å². The third-order valence-electron chi connectivity index (χ3n) is 8.97. The molecule has 0 radical (unpaired) electrons. The molecule has 0 saturated heterocycles. The summed E-state index contributed by atoms with van der Waals surface area (Å²) in [5.41, 5.74) is 11.5. The highest BCUT2D eigenvalue weighted by atomic mass is 15.0. The Morgan fingerprint density at radius 3 is 0.852 bits per heavy atom. The van der Waals surface area contributed by atoms with E-state index < -0.39 is 0 Å². The van der Waals surface area contributed by atoms with E-state index in [0.29, 0.717) is 17.5 Å². The van der Waals surface area contributed by atoms with Gasteiger partial charge in [0.05, 0.1) is 39.9 Å². The van der Waals surface area contributed by atoms with Gasteiger partial charge in [0.25, 0.3) is 0 Å². The molecule has 8 heteroatoms. The summed E-state index contributed by atoms with van der Waals surface area (Å²) in [6.45, 7) is 0. The first kappa shape index (κ1) is 32.3. The van der Waals surface area contributed by atoms with Gasteiger partial charge in [0.1, 0.15) is 0 Å². The van der Waals surface area contributed by atoms with Crippen LogP contribution in [0.25, 0.3) is 90.7 Å². The van der Waals surface area contributed by atoms with Gasteiger partial charge >= 0.3 is 0 Å². The molecule has 0 bridgehead atoms. The molecule has 3 aromatic carbocycles. The van der Waals surface area contributed by atoms with Gasteiger partial charge in [-0.1, -0.05) is 103 Å². The van der Waals surface area contributed by atoms with Crippen molar-refractivity contribution in [3.8, 4) is 90.7 Å². The zero-order valence-electron chi connectivity index (χ0n) is 28.9. The van der Waals surface area contributed by atoms with Crippen LogP contribution < -0.4 is 0 Å². The molecule has 0 N–H and O–H groups in total. The minimum absolute atomic E-state index is 0.569. The van der Waals surface area contributed by atoms with E-state index in [0.717, 1.165) is 73.2 Å². The maximum atomic E-state index is 5.00. The second kappa shape index (κ2) is 14.6. The summed E-state index contributed by atoms with van der Waals surface area (Å²) in [6.07, 6.45) is 5.35. The lowest BCUT2D eigenvalue weighted by Gasteiger charge is -2.10. The first-order chi connectivity index (χ1) is 26.7. The molecule has 6 heterocycles. The van der Waals surface area contributed by atoms with Gasteiger partial charge in [-0.3, -0.25) is 15.0 Å². The van der Waals surface area contributed by atoms with Gasteiger partial charge in [0.15, 0.2) is 17.5 Å². The van der Waals surface area contributed by atoms with Crippen LogP contribution in [0.3, 0.4) is 0 Å². The Morgan fingerprint density at radius 1 is 0.204 bits per heavy atom. The minimum atomic E-state index is 0.569. The first-order valence-electron chi connectivity index (χ1n) is 17.5. The van der Waals surface area contributed by atoms with Gasteiger partial charge in [-0.25, -0.2) is 24.9 Å². The van der Waals surface area contributed by atoms with Crippen LogP contribution in [0.2, 0.25) is 0 Å². The van der Waals surface area contributed by atoms with E-state index in [2.05, 4.69) is 15.0 Å². The van der Waals surface area contributed by atoms with E-state index in [1.54, 1.807) is 18.6 Å². The van der Waals surface area contributed by atoms with Crippen molar-refractivity contribution in [3.63, 3.8) is 0 Å². The molecule has 0 fully saturated rings.